The van der Waals surface area contributed by atoms with Crippen molar-refractivity contribution in [3.63, 3.8) is 0 Å². The summed E-state index contributed by atoms with van der Waals surface area (Å²) in [7, 11) is 0. The molecule has 0 bridgehead atoms. The van der Waals surface area contributed by atoms with Crippen molar-refractivity contribution < 1.29 is 24.2 Å². The predicted molar refractivity (Wildman–Crippen MR) is 109 cm³/mol. The Balaban J connectivity index is 1.84. The summed E-state index contributed by atoms with van der Waals surface area (Å²) in [4.78, 5) is 37.2. The molecular formula is C21H23N3O5. The zero-order valence-corrected chi connectivity index (χ0v) is 15.9. The molecule has 1 heterocycles. The highest BCUT2D eigenvalue weighted by atomic mass is 16.5. The average Bonchev–Trinajstić information content (AvgIpc) is 2.73. The van der Waals surface area contributed by atoms with E-state index in [0.29, 0.717) is 16.8 Å². The molecule has 2 amide bonds. The van der Waals surface area contributed by atoms with E-state index in [0.717, 1.165) is 31.6 Å². The molecule has 1 fully saturated rings. The largest absolute Gasteiger partial charge is 0.482 e. The number of hydrogen-bond acceptors (Lipinski definition) is 5. The summed E-state index contributed by atoms with van der Waals surface area (Å²) in [5.41, 5.74) is 7.35. The minimum Gasteiger partial charge on any atom is -0.482 e. The van der Waals surface area contributed by atoms with E-state index in [1.165, 1.54) is 12.5 Å². The highest BCUT2D eigenvalue weighted by Crippen LogP contribution is 2.30. The van der Waals surface area contributed by atoms with Gasteiger partial charge in [-0.1, -0.05) is 6.07 Å². The third-order valence-electron chi connectivity index (χ3n) is 4.68. The Morgan fingerprint density at radius 2 is 1.79 bits per heavy atom. The Morgan fingerprint density at radius 3 is 2.48 bits per heavy atom. The molecule has 2 aromatic rings. The molecule has 29 heavy (non-hydrogen) atoms. The molecule has 1 saturated heterocycles. The van der Waals surface area contributed by atoms with Crippen LogP contribution in [0.4, 0.5) is 11.4 Å². The lowest BCUT2D eigenvalue weighted by molar-refractivity contribution is -0.139. The Morgan fingerprint density at radius 1 is 1.03 bits per heavy atom. The maximum atomic E-state index is 12.8. The fourth-order valence-corrected chi connectivity index (χ4v) is 3.27. The van der Waals surface area contributed by atoms with Gasteiger partial charge in [0.15, 0.2) is 6.61 Å². The number of anilines is 2. The standard InChI is InChI=1S/C21H23N3O5/c22-20(27)14-7-8-18(24-9-2-1-3-10-24)17(12-14)23-21(28)15-5-4-6-16(11-15)29-13-19(25)26/h4-8,11-12H,1-3,9-10,13H2,(H2,22,27)(H,23,28)(H,25,26). The van der Waals surface area contributed by atoms with Gasteiger partial charge in [-0.2, -0.15) is 0 Å². The molecule has 1 aliphatic heterocycles. The van der Waals surface area contributed by atoms with E-state index in [1.807, 2.05) is 0 Å². The molecule has 4 N–H and O–H groups in total. The first kappa shape index (κ1) is 20.2. The molecule has 8 nitrogen and oxygen atoms in total. The minimum absolute atomic E-state index is 0.280. The first-order valence-electron chi connectivity index (χ1n) is 9.39. The van der Waals surface area contributed by atoms with Gasteiger partial charge in [0.2, 0.25) is 5.91 Å². The highest BCUT2D eigenvalue weighted by Gasteiger charge is 2.18. The van der Waals surface area contributed by atoms with Crippen LogP contribution in [0.2, 0.25) is 0 Å². The van der Waals surface area contributed by atoms with Crippen LogP contribution in [-0.2, 0) is 4.79 Å². The smallest absolute Gasteiger partial charge is 0.341 e. The minimum atomic E-state index is -1.10. The van der Waals surface area contributed by atoms with Crippen LogP contribution < -0.4 is 20.7 Å². The SMILES string of the molecule is NC(=O)c1ccc(N2CCCCC2)c(NC(=O)c2cccc(OCC(=O)O)c2)c1. The quantitative estimate of drug-likeness (QED) is 0.660. The van der Waals surface area contributed by atoms with Crippen molar-refractivity contribution in [2.24, 2.45) is 5.73 Å². The summed E-state index contributed by atoms with van der Waals surface area (Å²) in [6, 6.07) is 11.3. The van der Waals surface area contributed by atoms with E-state index in [-0.39, 0.29) is 5.75 Å². The molecule has 0 spiro atoms. The lowest BCUT2D eigenvalue weighted by Crippen LogP contribution is -2.30. The molecular weight excluding hydrogens is 374 g/mol. The molecule has 0 atom stereocenters. The topological polar surface area (TPSA) is 122 Å². The number of carbonyl (C=O) groups excluding carboxylic acids is 2. The third-order valence-corrected chi connectivity index (χ3v) is 4.68. The maximum Gasteiger partial charge on any atom is 0.341 e. The second-order valence-corrected chi connectivity index (χ2v) is 6.81. The fourth-order valence-electron chi connectivity index (χ4n) is 3.27. The number of primary amides is 1. The van der Waals surface area contributed by atoms with Crippen LogP contribution in [0.1, 0.15) is 40.0 Å². The number of carboxylic acids is 1. The van der Waals surface area contributed by atoms with E-state index in [2.05, 4.69) is 10.2 Å². The zero-order chi connectivity index (χ0) is 20.8. The first-order valence-corrected chi connectivity index (χ1v) is 9.39. The second kappa shape index (κ2) is 9.09. The number of piperidine rings is 1. The van der Waals surface area contributed by atoms with Gasteiger partial charge in [-0.25, -0.2) is 4.79 Å². The molecule has 0 saturated carbocycles. The Kier molecular flexibility index (Phi) is 6.33. The van der Waals surface area contributed by atoms with Crippen LogP contribution in [0.25, 0.3) is 0 Å². The molecule has 152 valence electrons. The molecule has 1 aliphatic rings. The zero-order valence-electron chi connectivity index (χ0n) is 15.9. The number of ether oxygens (including phenoxy) is 1. The van der Waals surface area contributed by atoms with E-state index in [1.54, 1.807) is 36.4 Å². The van der Waals surface area contributed by atoms with Crippen molar-refractivity contribution in [2.45, 2.75) is 19.3 Å². The summed E-state index contributed by atoms with van der Waals surface area (Å²) in [5.74, 6) is -1.79. The number of hydrogen-bond donors (Lipinski definition) is 3. The van der Waals surface area contributed by atoms with Crippen molar-refractivity contribution in [2.75, 3.05) is 29.9 Å². The Bertz CT molecular complexity index is 922. The number of aliphatic carboxylic acids is 1. The van der Waals surface area contributed by atoms with E-state index in [4.69, 9.17) is 15.6 Å². The van der Waals surface area contributed by atoms with E-state index in [9.17, 15) is 14.4 Å². The lowest BCUT2D eigenvalue weighted by atomic mass is 10.1. The van der Waals surface area contributed by atoms with Crippen LogP contribution in [0.3, 0.4) is 0 Å². The molecule has 2 aromatic carbocycles. The van der Waals surface area contributed by atoms with Gasteiger partial charge in [0.25, 0.3) is 5.91 Å². The van der Waals surface area contributed by atoms with Gasteiger partial charge in [0, 0.05) is 24.2 Å². The van der Waals surface area contributed by atoms with Gasteiger partial charge in [0.05, 0.1) is 11.4 Å². The number of rotatable bonds is 7. The molecule has 3 rings (SSSR count). The number of benzene rings is 2. The van der Waals surface area contributed by atoms with Crippen molar-refractivity contribution in [3.8, 4) is 5.75 Å². The Hall–Kier alpha value is -3.55. The number of nitrogens with one attached hydrogen (secondary N) is 1. The van der Waals surface area contributed by atoms with Crippen LogP contribution in [0.15, 0.2) is 42.5 Å². The van der Waals surface area contributed by atoms with Gasteiger partial charge in [-0.3, -0.25) is 9.59 Å². The summed E-state index contributed by atoms with van der Waals surface area (Å²) >= 11 is 0. The number of carboxylic acid groups (broad SMARTS) is 1. The fraction of sp³-hybridized carbons (Fsp3) is 0.286. The highest BCUT2D eigenvalue weighted by molar-refractivity contribution is 6.07. The number of amides is 2. The van der Waals surface area contributed by atoms with Crippen molar-refractivity contribution in [1.29, 1.82) is 0 Å². The Labute approximate surface area is 168 Å². The monoisotopic (exact) mass is 397 g/mol. The molecule has 0 aromatic heterocycles. The molecule has 0 unspecified atom stereocenters. The number of nitrogens with zero attached hydrogens (tertiary/aromatic N) is 1. The van der Waals surface area contributed by atoms with Gasteiger partial charge >= 0.3 is 5.97 Å². The molecule has 0 radical (unpaired) electrons. The van der Waals surface area contributed by atoms with Crippen LogP contribution in [0.5, 0.6) is 5.75 Å². The predicted octanol–water partition coefficient (Wildman–Crippen LogP) is 2.49. The van der Waals surface area contributed by atoms with Gasteiger partial charge in [-0.15, -0.1) is 0 Å². The summed E-state index contributed by atoms with van der Waals surface area (Å²) in [6.45, 7) is 1.25. The third kappa shape index (κ3) is 5.25. The first-order chi connectivity index (χ1) is 13.9. The van der Waals surface area contributed by atoms with Gasteiger partial charge < -0.3 is 25.8 Å². The molecule has 0 aliphatic carbocycles. The maximum absolute atomic E-state index is 12.8. The van der Waals surface area contributed by atoms with Crippen molar-refractivity contribution in [1.82, 2.24) is 0 Å². The summed E-state index contributed by atoms with van der Waals surface area (Å²) in [5, 5.41) is 11.6. The van der Waals surface area contributed by atoms with Gasteiger partial charge in [-0.05, 0) is 55.7 Å². The van der Waals surface area contributed by atoms with Gasteiger partial charge in [0.1, 0.15) is 5.75 Å². The second-order valence-electron chi connectivity index (χ2n) is 6.81. The van der Waals surface area contributed by atoms with Crippen molar-refractivity contribution >= 4 is 29.2 Å². The van der Waals surface area contributed by atoms with Crippen LogP contribution in [-0.4, -0.2) is 42.6 Å². The van der Waals surface area contributed by atoms with Crippen LogP contribution in [0, 0.1) is 0 Å². The van der Waals surface area contributed by atoms with E-state index >= 15 is 0 Å². The number of carbonyl (C=O) groups is 3. The lowest BCUT2D eigenvalue weighted by Gasteiger charge is -2.30. The average molecular weight is 397 g/mol. The van der Waals surface area contributed by atoms with E-state index < -0.39 is 24.4 Å². The van der Waals surface area contributed by atoms with Crippen molar-refractivity contribution in [3.05, 3.63) is 53.6 Å². The number of nitrogens with two attached hydrogens (primary N) is 1. The van der Waals surface area contributed by atoms with Crippen LogP contribution >= 0.6 is 0 Å². The molecule has 8 heteroatoms. The summed E-state index contributed by atoms with van der Waals surface area (Å²) in [6.07, 6.45) is 3.29. The normalized spacial score (nSPS) is 13.6. The summed E-state index contributed by atoms with van der Waals surface area (Å²) < 4.78 is 5.13.